The van der Waals surface area contributed by atoms with Crippen molar-refractivity contribution in [3.05, 3.63) is 24.3 Å². The van der Waals surface area contributed by atoms with Gasteiger partial charge in [-0.25, -0.2) is 4.99 Å². The number of benzene rings is 1. The Morgan fingerprint density at radius 2 is 1.89 bits per heavy atom. The first-order valence-electron chi connectivity index (χ1n) is 10.4. The summed E-state index contributed by atoms with van der Waals surface area (Å²) in [6.45, 7) is 12.3. The highest BCUT2D eigenvalue weighted by Gasteiger charge is 2.22. The molecule has 1 fully saturated rings. The monoisotopic (exact) mass is 390 g/mol. The fourth-order valence-electron chi connectivity index (χ4n) is 3.66. The highest BCUT2D eigenvalue weighted by molar-refractivity contribution is 5.79. The maximum Gasteiger partial charge on any atom is 0.191 e. The molecule has 3 atom stereocenters. The quantitative estimate of drug-likeness (QED) is 0.421. The number of nitrogens with one attached hydrogen (secondary N) is 2. The topological polar surface area (TPSA) is 67.4 Å². The number of hydrogen-bond acceptors (Lipinski definition) is 5. The maximum atomic E-state index is 5.98. The molecule has 0 radical (unpaired) electrons. The van der Waals surface area contributed by atoms with Crippen LogP contribution in [0.25, 0.3) is 0 Å². The third-order valence-electron chi connectivity index (χ3n) is 4.80. The Balaban J connectivity index is 1.40. The molecule has 2 heterocycles. The van der Waals surface area contributed by atoms with Crippen molar-refractivity contribution in [1.29, 1.82) is 0 Å². The third-order valence-corrected chi connectivity index (χ3v) is 4.80. The van der Waals surface area contributed by atoms with Crippen molar-refractivity contribution >= 4 is 5.96 Å². The molecule has 2 aliphatic heterocycles. The third kappa shape index (κ3) is 6.27. The SMILES string of the molecule is CCNC(=NCC1COc2ccccc2O1)NCCCN1CC(C)OC(C)C1. The lowest BCUT2D eigenvalue weighted by Gasteiger charge is -2.35. The van der Waals surface area contributed by atoms with Crippen molar-refractivity contribution in [1.82, 2.24) is 15.5 Å². The van der Waals surface area contributed by atoms with Crippen LogP contribution in [0.15, 0.2) is 29.3 Å². The van der Waals surface area contributed by atoms with Gasteiger partial charge in [0.2, 0.25) is 0 Å². The first kappa shape index (κ1) is 20.7. The van der Waals surface area contributed by atoms with Gasteiger partial charge in [-0.2, -0.15) is 0 Å². The van der Waals surface area contributed by atoms with Gasteiger partial charge in [-0.1, -0.05) is 12.1 Å². The van der Waals surface area contributed by atoms with Crippen LogP contribution in [0.5, 0.6) is 11.5 Å². The number of hydrogen-bond donors (Lipinski definition) is 2. The van der Waals surface area contributed by atoms with E-state index in [1.807, 2.05) is 24.3 Å². The van der Waals surface area contributed by atoms with Crippen molar-refractivity contribution in [2.24, 2.45) is 4.99 Å². The highest BCUT2D eigenvalue weighted by Crippen LogP contribution is 2.30. The average Bonchev–Trinajstić information content (AvgIpc) is 2.68. The molecule has 7 nitrogen and oxygen atoms in total. The van der Waals surface area contributed by atoms with Crippen LogP contribution in [0.2, 0.25) is 0 Å². The Hall–Kier alpha value is -1.99. The molecule has 7 heteroatoms. The molecule has 1 aromatic rings. The van der Waals surface area contributed by atoms with Gasteiger partial charge in [-0.05, 0) is 39.3 Å². The second-order valence-corrected chi connectivity index (χ2v) is 7.51. The Morgan fingerprint density at radius 1 is 1.14 bits per heavy atom. The molecule has 0 bridgehead atoms. The zero-order chi connectivity index (χ0) is 19.8. The number of guanidine groups is 1. The fraction of sp³-hybridized carbons (Fsp3) is 0.667. The van der Waals surface area contributed by atoms with Crippen molar-refractivity contribution in [2.45, 2.75) is 45.5 Å². The average molecular weight is 391 g/mol. The smallest absolute Gasteiger partial charge is 0.191 e. The van der Waals surface area contributed by atoms with E-state index < -0.39 is 0 Å². The summed E-state index contributed by atoms with van der Waals surface area (Å²) in [6.07, 6.45) is 1.64. The predicted octanol–water partition coefficient (Wildman–Crippen LogP) is 1.88. The molecule has 0 aromatic heterocycles. The fourth-order valence-corrected chi connectivity index (χ4v) is 3.66. The summed E-state index contributed by atoms with van der Waals surface area (Å²) in [4.78, 5) is 7.16. The zero-order valence-electron chi connectivity index (χ0n) is 17.3. The van der Waals surface area contributed by atoms with Gasteiger partial charge in [0, 0.05) is 32.7 Å². The number of morpholine rings is 1. The van der Waals surface area contributed by atoms with Crippen molar-refractivity contribution in [3.63, 3.8) is 0 Å². The summed E-state index contributed by atoms with van der Waals surface area (Å²) in [5.41, 5.74) is 0. The Morgan fingerprint density at radius 3 is 2.64 bits per heavy atom. The van der Waals surface area contributed by atoms with E-state index in [9.17, 15) is 0 Å². The number of aliphatic imine (C=N–C) groups is 1. The minimum atomic E-state index is -0.0679. The number of ether oxygens (including phenoxy) is 3. The molecule has 2 aliphatic rings. The Kier molecular flexibility index (Phi) is 7.80. The molecular formula is C21H34N4O3. The van der Waals surface area contributed by atoms with Crippen LogP contribution in [0.3, 0.4) is 0 Å². The highest BCUT2D eigenvalue weighted by atomic mass is 16.6. The number of para-hydroxylation sites is 2. The molecule has 3 unspecified atom stereocenters. The second kappa shape index (κ2) is 10.5. The van der Waals surface area contributed by atoms with Gasteiger partial charge in [0.1, 0.15) is 6.61 Å². The van der Waals surface area contributed by atoms with E-state index in [-0.39, 0.29) is 6.10 Å². The second-order valence-electron chi connectivity index (χ2n) is 7.51. The first-order chi connectivity index (χ1) is 13.6. The lowest BCUT2D eigenvalue weighted by molar-refractivity contribution is -0.0679. The number of fused-ring (bicyclic) bond motifs is 1. The molecular weight excluding hydrogens is 356 g/mol. The minimum Gasteiger partial charge on any atom is -0.486 e. The van der Waals surface area contributed by atoms with Crippen LogP contribution in [-0.4, -0.2) is 75.0 Å². The van der Waals surface area contributed by atoms with Crippen LogP contribution >= 0.6 is 0 Å². The lowest BCUT2D eigenvalue weighted by atomic mass is 10.2. The van der Waals surface area contributed by atoms with E-state index in [4.69, 9.17) is 14.2 Å². The molecule has 0 amide bonds. The zero-order valence-corrected chi connectivity index (χ0v) is 17.3. The molecule has 1 saturated heterocycles. The van der Waals surface area contributed by atoms with Crippen LogP contribution in [-0.2, 0) is 4.74 Å². The summed E-state index contributed by atoms with van der Waals surface area (Å²) >= 11 is 0. The summed E-state index contributed by atoms with van der Waals surface area (Å²) in [6, 6.07) is 7.76. The number of rotatable bonds is 7. The standard InChI is InChI=1S/C21H34N4O3/c1-4-22-21(23-10-7-11-25-13-16(2)27-17(3)14-25)24-12-18-15-26-19-8-5-6-9-20(19)28-18/h5-6,8-9,16-18H,4,7,10-15H2,1-3H3,(H2,22,23,24). The summed E-state index contributed by atoms with van der Waals surface area (Å²) in [7, 11) is 0. The minimum absolute atomic E-state index is 0.0679. The van der Waals surface area contributed by atoms with Gasteiger partial charge < -0.3 is 24.8 Å². The van der Waals surface area contributed by atoms with Gasteiger partial charge >= 0.3 is 0 Å². The predicted molar refractivity (Wildman–Crippen MR) is 111 cm³/mol. The maximum absolute atomic E-state index is 5.98. The summed E-state index contributed by atoms with van der Waals surface area (Å²) in [5.74, 6) is 2.43. The lowest BCUT2D eigenvalue weighted by Crippen LogP contribution is -2.46. The van der Waals surface area contributed by atoms with Gasteiger partial charge in [0.05, 0.1) is 18.8 Å². The van der Waals surface area contributed by atoms with Gasteiger partial charge in [-0.15, -0.1) is 0 Å². The van der Waals surface area contributed by atoms with Crippen LogP contribution in [0.4, 0.5) is 0 Å². The molecule has 3 rings (SSSR count). The molecule has 156 valence electrons. The van der Waals surface area contributed by atoms with E-state index in [1.165, 1.54) is 0 Å². The largest absolute Gasteiger partial charge is 0.486 e. The first-order valence-corrected chi connectivity index (χ1v) is 10.4. The van der Waals surface area contributed by atoms with E-state index in [2.05, 4.69) is 41.3 Å². The van der Waals surface area contributed by atoms with Gasteiger partial charge in [-0.3, -0.25) is 4.90 Å². The van der Waals surface area contributed by atoms with Crippen molar-refractivity contribution < 1.29 is 14.2 Å². The molecule has 0 spiro atoms. The molecule has 2 N–H and O–H groups in total. The van der Waals surface area contributed by atoms with Crippen molar-refractivity contribution in [3.8, 4) is 11.5 Å². The van der Waals surface area contributed by atoms with E-state index in [0.717, 1.165) is 56.6 Å². The normalized spacial score (nSPS) is 25.4. The van der Waals surface area contributed by atoms with E-state index in [1.54, 1.807) is 0 Å². The van der Waals surface area contributed by atoms with Crippen LogP contribution in [0, 0.1) is 0 Å². The molecule has 1 aromatic carbocycles. The van der Waals surface area contributed by atoms with Gasteiger partial charge in [0.15, 0.2) is 23.6 Å². The number of nitrogens with zero attached hydrogens (tertiary/aromatic N) is 2. The van der Waals surface area contributed by atoms with E-state index in [0.29, 0.717) is 25.4 Å². The van der Waals surface area contributed by atoms with Gasteiger partial charge in [0.25, 0.3) is 0 Å². The Labute approximate surface area is 168 Å². The summed E-state index contributed by atoms with van der Waals surface area (Å²) in [5, 5.41) is 6.73. The Bertz CT molecular complexity index is 630. The van der Waals surface area contributed by atoms with Crippen LogP contribution < -0.4 is 20.1 Å². The van der Waals surface area contributed by atoms with Crippen LogP contribution in [0.1, 0.15) is 27.2 Å². The molecule has 28 heavy (non-hydrogen) atoms. The molecule has 0 saturated carbocycles. The molecule has 0 aliphatic carbocycles. The van der Waals surface area contributed by atoms with Crippen molar-refractivity contribution in [2.75, 3.05) is 45.9 Å². The van der Waals surface area contributed by atoms with E-state index >= 15 is 0 Å². The summed E-state index contributed by atoms with van der Waals surface area (Å²) < 4.78 is 17.5.